The molecule has 0 spiro atoms. The molecule has 3 aromatic rings. The van der Waals surface area contributed by atoms with Gasteiger partial charge in [0.25, 0.3) is 0 Å². The van der Waals surface area contributed by atoms with Crippen LogP contribution >= 0.6 is 0 Å². The molecule has 1 fully saturated rings. The first-order chi connectivity index (χ1) is 12.0. The molecule has 0 amide bonds. The Balaban J connectivity index is 1.77. The van der Waals surface area contributed by atoms with E-state index in [1.165, 1.54) is 18.2 Å². The van der Waals surface area contributed by atoms with Crippen LogP contribution in [0.4, 0.5) is 14.5 Å². The molecule has 1 N–H and O–H groups in total. The lowest BCUT2D eigenvalue weighted by Gasteiger charge is -2.34. The van der Waals surface area contributed by atoms with E-state index in [0.29, 0.717) is 0 Å². The Kier molecular flexibility index (Phi) is 3.92. The molecule has 25 heavy (non-hydrogen) atoms. The van der Waals surface area contributed by atoms with Gasteiger partial charge in [-0.3, -0.25) is 0 Å². The molecule has 4 rings (SSSR count). The number of imidazole rings is 1. The molecule has 0 atom stereocenters. The molecule has 0 aliphatic carbocycles. The molecule has 1 aliphatic heterocycles. The molecule has 1 saturated heterocycles. The second-order valence-electron chi connectivity index (χ2n) is 6.63. The Morgan fingerprint density at radius 3 is 2.40 bits per heavy atom. The Morgan fingerprint density at radius 1 is 1.04 bits per heavy atom. The normalized spacial score (nSPS) is 15.9. The van der Waals surface area contributed by atoms with Crippen molar-refractivity contribution in [2.24, 2.45) is 0 Å². The number of benzene rings is 2. The number of hydrogen-bond donors (Lipinski definition) is 1. The van der Waals surface area contributed by atoms with E-state index in [0.717, 1.165) is 48.5 Å². The van der Waals surface area contributed by atoms with Gasteiger partial charge in [0.2, 0.25) is 0 Å². The number of aryl methyl sites for hydroxylation is 1. The average Bonchev–Trinajstić information content (AvgIpc) is 2.99. The van der Waals surface area contributed by atoms with Gasteiger partial charge in [0.15, 0.2) is 0 Å². The van der Waals surface area contributed by atoms with Crippen LogP contribution in [0.3, 0.4) is 0 Å². The molecule has 130 valence electrons. The standard InChI is InChI=1S/C19H20F2N4/c1-12-10-13(25-8-6-24(2)7-9-25)11-16-18(12)23-19(22-16)17-14(20)4-3-5-15(17)21/h3-5,10-11H,6-9H2,1-2H3,(H,22,23). The van der Waals surface area contributed by atoms with Crippen molar-refractivity contribution >= 4 is 16.7 Å². The SMILES string of the molecule is Cc1cc(N2CCN(C)CC2)cc2[nH]c(-c3c(F)cccc3F)nc12. The number of hydrogen-bond acceptors (Lipinski definition) is 3. The van der Waals surface area contributed by atoms with Crippen LogP contribution < -0.4 is 4.90 Å². The highest BCUT2D eigenvalue weighted by Crippen LogP contribution is 2.30. The van der Waals surface area contributed by atoms with Crippen molar-refractivity contribution < 1.29 is 8.78 Å². The topological polar surface area (TPSA) is 35.2 Å². The number of nitrogens with zero attached hydrogens (tertiary/aromatic N) is 3. The van der Waals surface area contributed by atoms with Crippen LogP contribution in [-0.4, -0.2) is 48.1 Å². The highest BCUT2D eigenvalue weighted by atomic mass is 19.1. The zero-order valence-corrected chi connectivity index (χ0v) is 14.3. The number of halogens is 2. The highest BCUT2D eigenvalue weighted by molar-refractivity contribution is 5.86. The van der Waals surface area contributed by atoms with Gasteiger partial charge < -0.3 is 14.8 Å². The van der Waals surface area contributed by atoms with Gasteiger partial charge in [-0.2, -0.15) is 0 Å². The molecule has 1 aromatic heterocycles. The second-order valence-corrected chi connectivity index (χ2v) is 6.63. The van der Waals surface area contributed by atoms with Crippen molar-refractivity contribution in [2.75, 3.05) is 38.1 Å². The van der Waals surface area contributed by atoms with Crippen LogP contribution in [0.2, 0.25) is 0 Å². The van der Waals surface area contributed by atoms with Crippen molar-refractivity contribution in [1.82, 2.24) is 14.9 Å². The number of nitrogens with one attached hydrogen (secondary N) is 1. The third-order valence-electron chi connectivity index (χ3n) is 4.83. The molecule has 1 aliphatic rings. The largest absolute Gasteiger partial charge is 0.369 e. The lowest BCUT2D eigenvalue weighted by atomic mass is 10.1. The van der Waals surface area contributed by atoms with E-state index in [1.54, 1.807) is 0 Å². The first-order valence-corrected chi connectivity index (χ1v) is 8.41. The monoisotopic (exact) mass is 342 g/mol. The number of H-pyrrole nitrogens is 1. The Bertz CT molecular complexity index is 906. The number of anilines is 1. The van der Waals surface area contributed by atoms with Crippen molar-refractivity contribution in [2.45, 2.75) is 6.92 Å². The van der Waals surface area contributed by atoms with E-state index >= 15 is 0 Å². The summed E-state index contributed by atoms with van der Waals surface area (Å²) < 4.78 is 28.1. The Labute approximate surface area is 145 Å². The summed E-state index contributed by atoms with van der Waals surface area (Å²) in [4.78, 5) is 12.2. The van der Waals surface area contributed by atoms with Gasteiger partial charge >= 0.3 is 0 Å². The van der Waals surface area contributed by atoms with Gasteiger partial charge in [0, 0.05) is 31.9 Å². The first-order valence-electron chi connectivity index (χ1n) is 8.41. The van der Waals surface area contributed by atoms with Gasteiger partial charge in [0.05, 0.1) is 16.6 Å². The average molecular weight is 342 g/mol. The number of rotatable bonds is 2. The molecule has 2 aromatic carbocycles. The third kappa shape index (κ3) is 2.87. The van der Waals surface area contributed by atoms with Crippen molar-refractivity contribution in [1.29, 1.82) is 0 Å². The fourth-order valence-electron chi connectivity index (χ4n) is 3.36. The van der Waals surface area contributed by atoms with Gasteiger partial charge in [-0.25, -0.2) is 13.8 Å². The minimum Gasteiger partial charge on any atom is -0.369 e. The van der Waals surface area contributed by atoms with Gasteiger partial charge in [-0.1, -0.05) is 6.07 Å². The van der Waals surface area contributed by atoms with Crippen LogP contribution in [-0.2, 0) is 0 Å². The van der Waals surface area contributed by atoms with E-state index in [-0.39, 0.29) is 11.4 Å². The molecule has 0 bridgehead atoms. The molecule has 2 heterocycles. The lowest BCUT2D eigenvalue weighted by molar-refractivity contribution is 0.313. The Morgan fingerprint density at radius 2 is 1.72 bits per heavy atom. The smallest absolute Gasteiger partial charge is 0.144 e. The van der Waals surface area contributed by atoms with Crippen LogP contribution in [0.1, 0.15) is 5.56 Å². The van der Waals surface area contributed by atoms with Crippen LogP contribution in [0, 0.1) is 18.6 Å². The number of fused-ring (bicyclic) bond motifs is 1. The summed E-state index contributed by atoms with van der Waals surface area (Å²) >= 11 is 0. The fourth-order valence-corrected chi connectivity index (χ4v) is 3.36. The number of aromatic nitrogens is 2. The minimum atomic E-state index is -0.615. The summed E-state index contributed by atoms with van der Waals surface area (Å²) in [5.41, 5.74) is 3.54. The molecule has 0 unspecified atom stereocenters. The molecule has 6 heteroatoms. The fraction of sp³-hybridized carbons (Fsp3) is 0.316. The molecular weight excluding hydrogens is 322 g/mol. The summed E-state index contributed by atoms with van der Waals surface area (Å²) in [5.74, 6) is -1.00. The van der Waals surface area contributed by atoms with Gasteiger partial charge in [0.1, 0.15) is 17.5 Å². The number of likely N-dealkylation sites (N-methyl/N-ethyl adjacent to an activating group) is 1. The van der Waals surface area contributed by atoms with E-state index in [2.05, 4.69) is 32.9 Å². The second kappa shape index (κ2) is 6.11. The maximum Gasteiger partial charge on any atom is 0.144 e. The lowest BCUT2D eigenvalue weighted by Crippen LogP contribution is -2.44. The van der Waals surface area contributed by atoms with E-state index < -0.39 is 11.6 Å². The zero-order chi connectivity index (χ0) is 17.6. The number of piperazine rings is 1. The quantitative estimate of drug-likeness (QED) is 0.773. The third-order valence-corrected chi connectivity index (χ3v) is 4.83. The van der Waals surface area contributed by atoms with Crippen molar-refractivity contribution in [3.05, 3.63) is 47.5 Å². The predicted molar refractivity (Wildman–Crippen MR) is 95.9 cm³/mol. The first kappa shape index (κ1) is 16.0. The van der Waals surface area contributed by atoms with Gasteiger partial charge in [-0.05, 0) is 43.8 Å². The van der Waals surface area contributed by atoms with Crippen LogP contribution in [0.5, 0.6) is 0 Å². The minimum absolute atomic E-state index is 0.112. The van der Waals surface area contributed by atoms with Crippen LogP contribution in [0.25, 0.3) is 22.4 Å². The summed E-state index contributed by atoms with van der Waals surface area (Å²) in [7, 11) is 2.12. The summed E-state index contributed by atoms with van der Waals surface area (Å²) in [6.07, 6.45) is 0. The molecule has 4 nitrogen and oxygen atoms in total. The molecule has 0 saturated carbocycles. The predicted octanol–water partition coefficient (Wildman–Crippen LogP) is 3.57. The maximum absolute atomic E-state index is 14.1. The number of aromatic amines is 1. The van der Waals surface area contributed by atoms with Crippen LogP contribution in [0.15, 0.2) is 30.3 Å². The van der Waals surface area contributed by atoms with Crippen molar-refractivity contribution in [3.63, 3.8) is 0 Å². The van der Waals surface area contributed by atoms with E-state index in [1.807, 2.05) is 13.0 Å². The zero-order valence-electron chi connectivity index (χ0n) is 14.3. The van der Waals surface area contributed by atoms with E-state index in [9.17, 15) is 8.78 Å². The van der Waals surface area contributed by atoms with E-state index in [4.69, 9.17) is 0 Å². The molecule has 0 radical (unpaired) electrons. The summed E-state index contributed by atoms with van der Waals surface area (Å²) in [6.45, 7) is 5.94. The van der Waals surface area contributed by atoms with Gasteiger partial charge in [-0.15, -0.1) is 0 Å². The Hall–Kier alpha value is -2.47. The molecular formula is C19H20F2N4. The highest BCUT2D eigenvalue weighted by Gasteiger charge is 2.19. The van der Waals surface area contributed by atoms with Crippen molar-refractivity contribution in [3.8, 4) is 11.4 Å². The maximum atomic E-state index is 14.1. The summed E-state index contributed by atoms with van der Waals surface area (Å²) in [6, 6.07) is 7.95. The summed E-state index contributed by atoms with van der Waals surface area (Å²) in [5, 5.41) is 0.